The van der Waals surface area contributed by atoms with E-state index in [2.05, 4.69) is 15.8 Å². The number of nitrogens with one attached hydrogen (secondary N) is 2. The van der Waals surface area contributed by atoms with Crippen molar-refractivity contribution in [2.75, 3.05) is 12.4 Å². The van der Waals surface area contributed by atoms with Crippen molar-refractivity contribution in [1.29, 1.82) is 0 Å². The molecular weight excluding hydrogens is 477 g/mol. The van der Waals surface area contributed by atoms with Gasteiger partial charge >= 0.3 is 11.8 Å². The van der Waals surface area contributed by atoms with Crippen LogP contribution in [-0.4, -0.2) is 25.1 Å². The molecule has 34 heavy (non-hydrogen) atoms. The first-order chi connectivity index (χ1) is 16.4. The Morgan fingerprint density at radius 3 is 2.47 bits per heavy atom. The molecule has 176 valence electrons. The van der Waals surface area contributed by atoms with E-state index in [4.69, 9.17) is 32.7 Å². The summed E-state index contributed by atoms with van der Waals surface area (Å²) in [5.74, 6) is -0.589. The number of hydrazone groups is 1. The standard InChI is InChI=1S/C25H23Cl2N3O4/c1-3-17-6-4-5-7-21(17)29-24(31)25(32)30-28-14-16-8-10-22(33-2)18(12-16)15-34-23-11-9-19(26)13-20(23)27/h4-14H,3,15H2,1-2H3,(H,29,31)(H,30,32)/b28-14+. The number of anilines is 1. The van der Waals surface area contributed by atoms with Gasteiger partial charge in [0.15, 0.2) is 0 Å². The molecule has 0 atom stereocenters. The van der Waals surface area contributed by atoms with E-state index in [1.807, 2.05) is 19.1 Å². The van der Waals surface area contributed by atoms with Crippen molar-refractivity contribution in [2.24, 2.45) is 5.10 Å². The Hall–Kier alpha value is -3.55. The van der Waals surface area contributed by atoms with Gasteiger partial charge in [0.1, 0.15) is 18.1 Å². The van der Waals surface area contributed by atoms with Crippen molar-refractivity contribution in [3.63, 3.8) is 0 Å². The fourth-order valence-electron chi connectivity index (χ4n) is 3.09. The second kappa shape index (κ2) is 12.1. The van der Waals surface area contributed by atoms with Crippen LogP contribution in [0.2, 0.25) is 10.0 Å². The van der Waals surface area contributed by atoms with Crippen LogP contribution in [-0.2, 0) is 22.6 Å². The molecule has 0 aliphatic carbocycles. The molecule has 7 nitrogen and oxygen atoms in total. The number of carbonyl (C=O) groups excluding carboxylic acids is 2. The monoisotopic (exact) mass is 499 g/mol. The van der Waals surface area contributed by atoms with E-state index in [9.17, 15) is 9.59 Å². The van der Waals surface area contributed by atoms with Gasteiger partial charge in [0.25, 0.3) is 0 Å². The molecule has 0 saturated heterocycles. The van der Waals surface area contributed by atoms with E-state index in [1.54, 1.807) is 55.6 Å². The molecule has 0 bridgehead atoms. The molecule has 0 aliphatic heterocycles. The molecule has 3 rings (SSSR count). The summed E-state index contributed by atoms with van der Waals surface area (Å²) in [5, 5.41) is 7.39. The lowest BCUT2D eigenvalue weighted by molar-refractivity contribution is -0.136. The van der Waals surface area contributed by atoms with E-state index in [-0.39, 0.29) is 6.61 Å². The zero-order valence-electron chi connectivity index (χ0n) is 18.6. The van der Waals surface area contributed by atoms with Crippen molar-refractivity contribution in [3.05, 3.63) is 87.4 Å². The van der Waals surface area contributed by atoms with E-state index in [1.165, 1.54) is 6.21 Å². The van der Waals surface area contributed by atoms with Gasteiger partial charge in [0.2, 0.25) is 0 Å². The molecule has 0 fully saturated rings. The summed E-state index contributed by atoms with van der Waals surface area (Å²) in [6.07, 6.45) is 2.15. The molecule has 0 aliphatic rings. The smallest absolute Gasteiger partial charge is 0.329 e. The average molecular weight is 500 g/mol. The summed E-state index contributed by atoms with van der Waals surface area (Å²) in [7, 11) is 1.55. The van der Waals surface area contributed by atoms with Crippen LogP contribution in [0.25, 0.3) is 0 Å². The third-order valence-corrected chi connectivity index (χ3v) is 5.34. The molecule has 0 saturated carbocycles. The van der Waals surface area contributed by atoms with E-state index < -0.39 is 11.8 Å². The fourth-order valence-corrected chi connectivity index (χ4v) is 3.55. The number of methoxy groups -OCH3 is 1. The number of rotatable bonds is 8. The predicted octanol–water partition coefficient (Wildman–Crippen LogP) is 5.23. The third-order valence-electron chi connectivity index (χ3n) is 4.81. The molecule has 0 spiro atoms. The molecule has 0 radical (unpaired) electrons. The normalized spacial score (nSPS) is 10.7. The van der Waals surface area contributed by atoms with Crippen LogP contribution < -0.4 is 20.2 Å². The Morgan fingerprint density at radius 1 is 0.971 bits per heavy atom. The number of carbonyl (C=O) groups is 2. The molecule has 3 aromatic rings. The van der Waals surface area contributed by atoms with Gasteiger partial charge in [0.05, 0.1) is 18.3 Å². The minimum Gasteiger partial charge on any atom is -0.496 e. The number of hydrogen-bond donors (Lipinski definition) is 2. The molecule has 0 aromatic heterocycles. The van der Waals surface area contributed by atoms with Crippen molar-refractivity contribution < 1.29 is 19.1 Å². The van der Waals surface area contributed by atoms with Crippen LogP contribution >= 0.6 is 23.2 Å². The van der Waals surface area contributed by atoms with Crippen LogP contribution in [0.1, 0.15) is 23.6 Å². The van der Waals surface area contributed by atoms with E-state index in [0.717, 1.165) is 17.5 Å². The van der Waals surface area contributed by atoms with Crippen LogP contribution in [0.4, 0.5) is 5.69 Å². The molecule has 2 N–H and O–H groups in total. The Bertz CT molecular complexity index is 1210. The molecule has 0 unspecified atom stereocenters. The molecular formula is C25H23Cl2N3O4. The summed E-state index contributed by atoms with van der Waals surface area (Å²) < 4.78 is 11.2. The zero-order chi connectivity index (χ0) is 24.5. The maximum absolute atomic E-state index is 12.2. The maximum atomic E-state index is 12.2. The third kappa shape index (κ3) is 6.73. The van der Waals surface area contributed by atoms with Gasteiger partial charge < -0.3 is 14.8 Å². The Balaban J connectivity index is 1.62. The van der Waals surface area contributed by atoms with Gasteiger partial charge in [-0.05, 0) is 60.0 Å². The first-order valence-corrected chi connectivity index (χ1v) is 11.1. The first-order valence-electron chi connectivity index (χ1n) is 10.4. The number of amides is 2. The average Bonchev–Trinajstić information content (AvgIpc) is 2.83. The zero-order valence-corrected chi connectivity index (χ0v) is 20.1. The highest BCUT2D eigenvalue weighted by Gasteiger charge is 2.14. The number of benzene rings is 3. The minimum atomic E-state index is -0.878. The maximum Gasteiger partial charge on any atom is 0.329 e. The highest BCUT2D eigenvalue weighted by Crippen LogP contribution is 2.29. The largest absolute Gasteiger partial charge is 0.496 e. The minimum absolute atomic E-state index is 0.178. The lowest BCUT2D eigenvalue weighted by Gasteiger charge is -2.12. The van der Waals surface area contributed by atoms with Crippen molar-refractivity contribution in [2.45, 2.75) is 20.0 Å². The Kier molecular flexibility index (Phi) is 8.90. The molecule has 0 heterocycles. The number of halogens is 2. The molecule has 2 amide bonds. The summed E-state index contributed by atoms with van der Waals surface area (Å²) in [6, 6.07) is 17.5. The fraction of sp³-hybridized carbons (Fsp3) is 0.160. The molecule has 9 heteroatoms. The predicted molar refractivity (Wildman–Crippen MR) is 134 cm³/mol. The summed E-state index contributed by atoms with van der Waals surface area (Å²) in [4.78, 5) is 24.3. The number of hydrogen-bond acceptors (Lipinski definition) is 5. The van der Waals surface area contributed by atoms with Crippen molar-refractivity contribution >= 4 is 46.9 Å². The lowest BCUT2D eigenvalue weighted by Crippen LogP contribution is -2.32. The number of aryl methyl sites for hydroxylation is 1. The van der Waals surface area contributed by atoms with E-state index >= 15 is 0 Å². The topological polar surface area (TPSA) is 89.0 Å². The van der Waals surface area contributed by atoms with Gasteiger partial charge in [-0.2, -0.15) is 5.10 Å². The van der Waals surface area contributed by atoms with Crippen LogP contribution in [0.3, 0.4) is 0 Å². The lowest BCUT2D eigenvalue weighted by atomic mass is 10.1. The van der Waals surface area contributed by atoms with Crippen LogP contribution in [0.15, 0.2) is 65.8 Å². The van der Waals surface area contributed by atoms with Crippen LogP contribution in [0.5, 0.6) is 11.5 Å². The summed E-state index contributed by atoms with van der Waals surface area (Å²) in [5.41, 5.74) is 5.16. The van der Waals surface area contributed by atoms with Crippen LogP contribution in [0, 0.1) is 0 Å². The Labute approximate surface area is 207 Å². The quantitative estimate of drug-likeness (QED) is 0.252. The first kappa shape index (κ1) is 25.1. The number of nitrogens with zero attached hydrogens (tertiary/aromatic N) is 1. The van der Waals surface area contributed by atoms with Gasteiger partial charge in [0, 0.05) is 16.3 Å². The highest BCUT2D eigenvalue weighted by molar-refractivity contribution is 6.39. The summed E-state index contributed by atoms with van der Waals surface area (Å²) in [6.45, 7) is 2.14. The Morgan fingerprint density at radius 2 is 1.74 bits per heavy atom. The van der Waals surface area contributed by atoms with Gasteiger partial charge in [-0.25, -0.2) is 5.43 Å². The van der Waals surface area contributed by atoms with E-state index in [0.29, 0.717) is 32.8 Å². The second-order valence-corrected chi connectivity index (χ2v) is 7.94. The van der Waals surface area contributed by atoms with Gasteiger partial charge in [-0.1, -0.05) is 48.3 Å². The summed E-state index contributed by atoms with van der Waals surface area (Å²) >= 11 is 12.1. The highest BCUT2D eigenvalue weighted by atomic mass is 35.5. The SMILES string of the molecule is CCc1ccccc1NC(=O)C(=O)N/N=C/c1ccc(OC)c(COc2ccc(Cl)cc2Cl)c1. The molecule has 3 aromatic carbocycles. The number of para-hydroxylation sites is 1. The van der Waals surface area contributed by atoms with Gasteiger partial charge in [-0.15, -0.1) is 0 Å². The van der Waals surface area contributed by atoms with Crippen molar-refractivity contribution in [1.82, 2.24) is 5.43 Å². The second-order valence-electron chi connectivity index (χ2n) is 7.10. The number of ether oxygens (including phenoxy) is 2. The van der Waals surface area contributed by atoms with Crippen molar-refractivity contribution in [3.8, 4) is 11.5 Å². The van der Waals surface area contributed by atoms with Gasteiger partial charge in [-0.3, -0.25) is 9.59 Å².